The molecule has 46 heavy (non-hydrogen) atoms. The van der Waals surface area contributed by atoms with Gasteiger partial charge in [0, 0.05) is 0 Å². The van der Waals surface area contributed by atoms with E-state index in [1.54, 1.807) is 0 Å². The van der Waals surface area contributed by atoms with Crippen LogP contribution in [-0.4, -0.2) is 29.4 Å². The van der Waals surface area contributed by atoms with E-state index in [1.807, 2.05) is 6.07 Å². The first-order valence-electron chi connectivity index (χ1n) is 17.8. The third-order valence-corrected chi connectivity index (χ3v) is 18.0. The number of aryl methyl sites for hydroxylation is 1. The number of benzene rings is 3. The lowest BCUT2D eigenvalue weighted by atomic mass is 9.55. The Bertz CT molecular complexity index is 1540. The highest BCUT2D eigenvalue weighted by molar-refractivity contribution is 7.85. The molecule has 3 aliphatic rings. The van der Waals surface area contributed by atoms with Crippen molar-refractivity contribution >= 4 is 28.8 Å². The van der Waals surface area contributed by atoms with E-state index in [9.17, 15) is 8.42 Å². The van der Waals surface area contributed by atoms with Gasteiger partial charge in [0.25, 0.3) is 18.4 Å². The molecule has 0 radical (unpaired) electrons. The monoisotopic (exact) mass is 658 g/mol. The van der Waals surface area contributed by atoms with Crippen LogP contribution in [0.4, 0.5) is 0 Å². The van der Waals surface area contributed by atoms with Crippen molar-refractivity contribution in [2.75, 3.05) is 6.61 Å². The highest BCUT2D eigenvalue weighted by atomic mass is 32.2. The first-order chi connectivity index (χ1) is 22.0. The predicted octanol–water partition coefficient (Wildman–Crippen LogP) is 8.52. The maximum Gasteiger partial charge on any atom is 0.271 e. The molecule has 0 bridgehead atoms. The van der Waals surface area contributed by atoms with Gasteiger partial charge < -0.3 is 4.43 Å². The van der Waals surface area contributed by atoms with Gasteiger partial charge in [-0.3, -0.25) is 4.18 Å². The van der Waals surface area contributed by atoms with Gasteiger partial charge in [0.15, 0.2) is 0 Å². The van der Waals surface area contributed by atoms with Crippen LogP contribution in [0.25, 0.3) is 0 Å². The fourth-order valence-corrected chi connectivity index (χ4v) is 15.4. The van der Waals surface area contributed by atoms with Crippen LogP contribution in [0.3, 0.4) is 0 Å². The molecule has 0 aliphatic heterocycles. The summed E-state index contributed by atoms with van der Waals surface area (Å²) in [6.45, 7) is 12.1. The van der Waals surface area contributed by atoms with E-state index in [0.717, 1.165) is 37.7 Å². The molecule has 3 aromatic carbocycles. The molecule has 5 atom stereocenters. The van der Waals surface area contributed by atoms with Gasteiger partial charge >= 0.3 is 0 Å². The van der Waals surface area contributed by atoms with Crippen molar-refractivity contribution in [3.8, 4) is 0 Å². The lowest BCUT2D eigenvalue weighted by Crippen LogP contribution is -2.68. The van der Waals surface area contributed by atoms with Crippen molar-refractivity contribution in [3.05, 3.63) is 95.6 Å². The molecule has 0 heterocycles. The maximum atomic E-state index is 12.7. The van der Waals surface area contributed by atoms with Crippen molar-refractivity contribution in [1.82, 2.24) is 0 Å². The molecule has 0 spiro atoms. The van der Waals surface area contributed by atoms with E-state index < -0.39 is 18.4 Å². The molecular formula is C40H54O4SSi. The van der Waals surface area contributed by atoms with E-state index in [0.29, 0.717) is 17.8 Å². The third kappa shape index (κ3) is 6.32. The van der Waals surface area contributed by atoms with Crippen LogP contribution in [-0.2, 0) is 30.9 Å². The molecule has 0 amide bonds. The molecule has 0 aromatic heterocycles. The van der Waals surface area contributed by atoms with Crippen LogP contribution in [0.15, 0.2) is 78.9 Å². The van der Waals surface area contributed by atoms with E-state index in [4.69, 9.17) is 8.61 Å². The summed E-state index contributed by atoms with van der Waals surface area (Å²) in [6.07, 6.45) is 9.93. The minimum Gasteiger partial charge on any atom is -0.404 e. The summed E-state index contributed by atoms with van der Waals surface area (Å²) < 4.78 is 38.5. The summed E-state index contributed by atoms with van der Waals surface area (Å²) in [4.78, 5) is 0. The Morgan fingerprint density at radius 3 is 2.17 bits per heavy atom. The molecule has 3 aliphatic carbocycles. The predicted molar refractivity (Wildman–Crippen MR) is 192 cm³/mol. The van der Waals surface area contributed by atoms with Crippen molar-refractivity contribution in [2.45, 2.75) is 115 Å². The second kappa shape index (κ2) is 13.3. The van der Waals surface area contributed by atoms with Gasteiger partial charge in [0.1, 0.15) is 5.75 Å². The Morgan fingerprint density at radius 1 is 0.870 bits per heavy atom. The molecule has 0 N–H and O–H groups in total. The van der Waals surface area contributed by atoms with Crippen LogP contribution < -0.4 is 10.4 Å². The fraction of sp³-hybridized carbons (Fsp3) is 0.550. The number of hydrogen-bond donors (Lipinski definition) is 0. The minimum atomic E-state index is -3.57. The van der Waals surface area contributed by atoms with Crippen molar-refractivity contribution in [2.24, 2.45) is 17.3 Å². The summed E-state index contributed by atoms with van der Waals surface area (Å²) in [5.41, 5.74) is 3.81. The van der Waals surface area contributed by atoms with Crippen molar-refractivity contribution in [1.29, 1.82) is 0 Å². The molecule has 2 fully saturated rings. The third-order valence-electron chi connectivity index (χ3n) is 11.8. The molecule has 0 unspecified atom stereocenters. The van der Waals surface area contributed by atoms with Crippen LogP contribution in [0.1, 0.15) is 109 Å². The highest BCUT2D eigenvalue weighted by Gasteiger charge is 2.59. The SMILES string of the molecule is CCCCCOS(=O)(=O)Cc1ccc2c(c1)CC[C@@H]1[C@@H]2CC[C@]2(C)[C@@H](O[Si](c3ccccc3)(c3ccccc3)C(C)(C)C)CC[C@@H]12. The minimum absolute atomic E-state index is 0.0309. The van der Waals surface area contributed by atoms with Gasteiger partial charge in [-0.15, -0.1) is 0 Å². The Balaban J connectivity index is 1.24. The zero-order valence-corrected chi connectivity index (χ0v) is 30.5. The van der Waals surface area contributed by atoms with E-state index in [-0.39, 0.29) is 28.9 Å². The maximum absolute atomic E-state index is 12.7. The lowest BCUT2D eigenvalue weighted by Gasteiger charge is -2.53. The van der Waals surface area contributed by atoms with Crippen molar-refractivity contribution in [3.63, 3.8) is 0 Å². The lowest BCUT2D eigenvalue weighted by molar-refractivity contribution is -0.0149. The Kier molecular flexibility index (Phi) is 9.75. The van der Waals surface area contributed by atoms with E-state index in [1.165, 1.54) is 47.2 Å². The van der Waals surface area contributed by atoms with Gasteiger partial charge in [-0.2, -0.15) is 8.42 Å². The number of fused-ring (bicyclic) bond motifs is 5. The number of hydrogen-bond acceptors (Lipinski definition) is 4. The summed E-state index contributed by atoms with van der Waals surface area (Å²) in [5, 5.41) is 2.70. The second-order valence-electron chi connectivity index (χ2n) is 15.6. The quantitative estimate of drug-likeness (QED) is 0.118. The first kappa shape index (κ1) is 33.6. The molecular weight excluding hydrogens is 605 g/mol. The molecule has 0 saturated heterocycles. The zero-order valence-electron chi connectivity index (χ0n) is 28.6. The fourth-order valence-electron chi connectivity index (χ4n) is 9.56. The van der Waals surface area contributed by atoms with Gasteiger partial charge in [-0.05, 0) is 100 Å². The first-order valence-corrected chi connectivity index (χ1v) is 21.2. The van der Waals surface area contributed by atoms with Crippen LogP contribution in [0, 0.1) is 17.3 Å². The molecule has 248 valence electrons. The summed E-state index contributed by atoms with van der Waals surface area (Å²) >= 11 is 0. The van der Waals surface area contributed by atoms with Crippen LogP contribution >= 0.6 is 0 Å². The van der Waals surface area contributed by atoms with Gasteiger partial charge in [0.05, 0.1) is 12.7 Å². The smallest absolute Gasteiger partial charge is 0.271 e. The Labute approximate surface area is 279 Å². The van der Waals surface area contributed by atoms with Crippen LogP contribution in [0.5, 0.6) is 0 Å². The Hall–Kier alpha value is -2.25. The average molecular weight is 659 g/mol. The van der Waals surface area contributed by atoms with E-state index in [2.05, 4.69) is 107 Å². The van der Waals surface area contributed by atoms with Crippen molar-refractivity contribution < 1.29 is 17.0 Å². The molecule has 6 rings (SSSR count). The van der Waals surface area contributed by atoms with Gasteiger partial charge in [-0.1, -0.05) is 126 Å². The Morgan fingerprint density at radius 2 is 1.54 bits per heavy atom. The number of rotatable bonds is 11. The molecule has 2 saturated carbocycles. The largest absolute Gasteiger partial charge is 0.404 e. The average Bonchev–Trinajstić information content (AvgIpc) is 3.37. The highest BCUT2D eigenvalue weighted by Crippen LogP contribution is 2.62. The van der Waals surface area contributed by atoms with Gasteiger partial charge in [0.2, 0.25) is 0 Å². The summed E-state index contributed by atoms with van der Waals surface area (Å²) in [7, 11) is -6.20. The molecule has 6 heteroatoms. The van der Waals surface area contributed by atoms with E-state index >= 15 is 0 Å². The number of unbranched alkanes of at least 4 members (excludes halogenated alkanes) is 2. The zero-order chi connectivity index (χ0) is 32.6. The molecule has 4 nitrogen and oxygen atoms in total. The second-order valence-corrected chi connectivity index (χ2v) is 21.5. The summed E-state index contributed by atoms with van der Waals surface area (Å²) in [5.74, 6) is 1.79. The summed E-state index contributed by atoms with van der Waals surface area (Å²) in [6, 6.07) is 28.7. The van der Waals surface area contributed by atoms with Gasteiger partial charge in [-0.25, -0.2) is 0 Å². The molecule has 3 aromatic rings. The topological polar surface area (TPSA) is 52.6 Å². The standard InChI is InChI=1S/C40H54O4SSi/c1-6-7-14-27-43-45(41,42)29-30-19-21-34-31(28-30)20-22-36-35(34)25-26-40(5)37(36)23-24-38(40)44-46(39(2,3)4,32-15-10-8-11-16-32)33-17-12-9-13-18-33/h8-13,15-19,21,28,35-38H,6-7,14,20,22-27,29H2,1-5H3/t35-,36-,37+,38+,40+/m1/s1. The van der Waals surface area contributed by atoms with Crippen LogP contribution in [0.2, 0.25) is 5.04 Å². The normalized spacial score (nSPS) is 26.3.